The van der Waals surface area contributed by atoms with Crippen molar-refractivity contribution in [1.29, 1.82) is 0 Å². The molecule has 2 rings (SSSR count). The van der Waals surface area contributed by atoms with E-state index in [4.69, 9.17) is 11.6 Å². The Bertz CT molecular complexity index is 464. The van der Waals surface area contributed by atoms with Gasteiger partial charge in [-0.2, -0.15) is 0 Å². The second kappa shape index (κ2) is 7.68. The van der Waals surface area contributed by atoms with Crippen molar-refractivity contribution < 1.29 is 0 Å². The smallest absolute Gasteiger partial charge is 0.0406 e. The number of hydrogen-bond acceptors (Lipinski definition) is 2. The zero-order chi connectivity index (χ0) is 13.5. The third-order valence-corrected chi connectivity index (χ3v) is 4.34. The Hall–Kier alpha value is -0.830. The van der Waals surface area contributed by atoms with E-state index in [1.54, 1.807) is 0 Å². The van der Waals surface area contributed by atoms with Crippen LogP contribution in [0.5, 0.6) is 0 Å². The monoisotopic (exact) mass is 293 g/mol. The maximum atomic E-state index is 5.97. The second-order valence-corrected chi connectivity index (χ2v) is 6.20. The predicted molar refractivity (Wildman–Crippen MR) is 85.4 cm³/mol. The van der Waals surface area contributed by atoms with E-state index in [0.29, 0.717) is 5.92 Å². The lowest BCUT2D eigenvalue weighted by molar-refractivity contribution is 0.579. The van der Waals surface area contributed by atoms with E-state index in [0.717, 1.165) is 24.5 Å². The van der Waals surface area contributed by atoms with Gasteiger partial charge in [-0.05, 0) is 48.5 Å². The van der Waals surface area contributed by atoms with Gasteiger partial charge in [0, 0.05) is 22.4 Å². The van der Waals surface area contributed by atoms with Crippen molar-refractivity contribution in [2.24, 2.45) is 0 Å². The molecule has 1 aromatic carbocycles. The highest BCUT2D eigenvalue weighted by atomic mass is 35.5. The van der Waals surface area contributed by atoms with Gasteiger partial charge in [0.25, 0.3) is 0 Å². The first-order chi connectivity index (χ1) is 9.29. The van der Waals surface area contributed by atoms with Gasteiger partial charge < -0.3 is 5.32 Å². The van der Waals surface area contributed by atoms with Crippen LogP contribution in [-0.4, -0.2) is 13.1 Å². The van der Waals surface area contributed by atoms with Crippen LogP contribution in [0.3, 0.4) is 0 Å². The first-order valence-electron chi connectivity index (χ1n) is 6.78. The summed E-state index contributed by atoms with van der Waals surface area (Å²) < 4.78 is 0. The van der Waals surface area contributed by atoms with Gasteiger partial charge in [0.15, 0.2) is 0 Å². The van der Waals surface area contributed by atoms with E-state index in [9.17, 15) is 0 Å². The van der Waals surface area contributed by atoms with E-state index in [1.165, 1.54) is 16.9 Å². The molecule has 1 atom stereocenters. The third-order valence-electron chi connectivity index (χ3n) is 3.19. The summed E-state index contributed by atoms with van der Waals surface area (Å²) in [6, 6.07) is 12.6. The Balaban J connectivity index is 2.06. The average molecular weight is 294 g/mol. The minimum Gasteiger partial charge on any atom is -0.316 e. The molecule has 0 radical (unpaired) electrons. The zero-order valence-corrected chi connectivity index (χ0v) is 12.8. The molecule has 2 aromatic rings. The van der Waals surface area contributed by atoms with E-state index in [1.807, 2.05) is 23.5 Å². The van der Waals surface area contributed by atoms with Crippen molar-refractivity contribution >= 4 is 22.9 Å². The Morgan fingerprint density at radius 3 is 2.63 bits per heavy atom. The van der Waals surface area contributed by atoms with Crippen molar-refractivity contribution in [3.05, 3.63) is 57.2 Å². The molecule has 102 valence electrons. The molecule has 0 saturated heterocycles. The minimum absolute atomic E-state index is 0.516. The van der Waals surface area contributed by atoms with Crippen LogP contribution in [0, 0.1) is 0 Å². The molecule has 19 heavy (non-hydrogen) atoms. The number of hydrogen-bond donors (Lipinski definition) is 1. The summed E-state index contributed by atoms with van der Waals surface area (Å²) in [5.41, 5.74) is 1.36. The van der Waals surface area contributed by atoms with Crippen molar-refractivity contribution in [3.63, 3.8) is 0 Å². The van der Waals surface area contributed by atoms with Crippen molar-refractivity contribution in [2.75, 3.05) is 13.1 Å². The molecule has 3 heteroatoms. The first-order valence-corrected chi connectivity index (χ1v) is 8.04. The van der Waals surface area contributed by atoms with Crippen LogP contribution >= 0.6 is 22.9 Å². The fourth-order valence-corrected chi connectivity index (χ4v) is 3.08. The SMILES string of the molecule is CCCNCC(Cc1cccs1)c1ccc(Cl)cc1. The number of nitrogens with one attached hydrogen (secondary N) is 1. The molecular formula is C16H20ClNS. The zero-order valence-electron chi connectivity index (χ0n) is 11.2. The summed E-state index contributed by atoms with van der Waals surface area (Å²) in [5, 5.41) is 6.48. The van der Waals surface area contributed by atoms with Crippen molar-refractivity contribution in [3.8, 4) is 0 Å². The molecule has 1 nitrogen and oxygen atoms in total. The van der Waals surface area contributed by atoms with Crippen molar-refractivity contribution in [1.82, 2.24) is 5.32 Å². The summed E-state index contributed by atoms with van der Waals surface area (Å²) in [5.74, 6) is 0.516. The van der Waals surface area contributed by atoms with Crippen LogP contribution in [0.2, 0.25) is 5.02 Å². The van der Waals surface area contributed by atoms with Gasteiger partial charge in [-0.25, -0.2) is 0 Å². The lowest BCUT2D eigenvalue weighted by atomic mass is 9.95. The van der Waals surface area contributed by atoms with Gasteiger partial charge in [0.05, 0.1) is 0 Å². The van der Waals surface area contributed by atoms with Crippen LogP contribution in [0.4, 0.5) is 0 Å². The highest BCUT2D eigenvalue weighted by Crippen LogP contribution is 2.24. The van der Waals surface area contributed by atoms with Crippen molar-refractivity contribution in [2.45, 2.75) is 25.7 Å². The quantitative estimate of drug-likeness (QED) is 0.728. The highest BCUT2D eigenvalue weighted by molar-refractivity contribution is 7.09. The maximum Gasteiger partial charge on any atom is 0.0406 e. The Morgan fingerprint density at radius 2 is 2.00 bits per heavy atom. The molecule has 1 unspecified atom stereocenters. The fraction of sp³-hybridized carbons (Fsp3) is 0.375. The molecule has 0 amide bonds. The molecule has 1 heterocycles. The summed E-state index contributed by atoms with van der Waals surface area (Å²) in [6.07, 6.45) is 2.27. The van der Waals surface area contributed by atoms with Gasteiger partial charge in [-0.3, -0.25) is 0 Å². The van der Waals surface area contributed by atoms with Crippen LogP contribution < -0.4 is 5.32 Å². The summed E-state index contributed by atoms with van der Waals surface area (Å²) >= 11 is 7.81. The summed E-state index contributed by atoms with van der Waals surface area (Å²) in [6.45, 7) is 4.30. The molecular weight excluding hydrogens is 274 g/mol. The van der Waals surface area contributed by atoms with Gasteiger partial charge in [0.1, 0.15) is 0 Å². The molecule has 0 fully saturated rings. The topological polar surface area (TPSA) is 12.0 Å². The maximum absolute atomic E-state index is 5.97. The van der Waals surface area contributed by atoms with E-state index >= 15 is 0 Å². The van der Waals surface area contributed by atoms with E-state index in [-0.39, 0.29) is 0 Å². The molecule has 0 bridgehead atoms. The molecule has 1 aromatic heterocycles. The number of rotatable bonds is 7. The standard InChI is InChI=1S/C16H20ClNS/c1-2-9-18-12-14(11-16-4-3-10-19-16)13-5-7-15(17)8-6-13/h3-8,10,14,18H,2,9,11-12H2,1H3. The number of halogens is 1. The number of benzene rings is 1. The number of thiophene rings is 1. The average Bonchev–Trinajstić information content (AvgIpc) is 2.92. The molecule has 0 aliphatic carbocycles. The van der Waals surface area contributed by atoms with Crippen LogP contribution in [0.15, 0.2) is 41.8 Å². The van der Waals surface area contributed by atoms with Gasteiger partial charge in [0.2, 0.25) is 0 Å². The third kappa shape index (κ3) is 4.64. The van der Waals surface area contributed by atoms with Gasteiger partial charge >= 0.3 is 0 Å². The van der Waals surface area contributed by atoms with Gasteiger partial charge in [-0.15, -0.1) is 11.3 Å². The Morgan fingerprint density at radius 1 is 1.21 bits per heavy atom. The molecule has 0 saturated carbocycles. The normalized spacial score (nSPS) is 12.5. The minimum atomic E-state index is 0.516. The van der Waals surface area contributed by atoms with Gasteiger partial charge in [-0.1, -0.05) is 36.7 Å². The highest BCUT2D eigenvalue weighted by Gasteiger charge is 2.12. The largest absolute Gasteiger partial charge is 0.316 e. The van der Waals surface area contributed by atoms with E-state index < -0.39 is 0 Å². The summed E-state index contributed by atoms with van der Waals surface area (Å²) in [7, 11) is 0. The lowest BCUT2D eigenvalue weighted by Crippen LogP contribution is -2.23. The summed E-state index contributed by atoms with van der Waals surface area (Å²) in [4.78, 5) is 1.44. The lowest BCUT2D eigenvalue weighted by Gasteiger charge is -2.17. The molecule has 1 N–H and O–H groups in total. The van der Waals surface area contributed by atoms with Crippen LogP contribution in [0.25, 0.3) is 0 Å². The first kappa shape index (κ1) is 14.6. The Kier molecular flexibility index (Phi) is 5.90. The van der Waals surface area contributed by atoms with E-state index in [2.05, 4.69) is 41.9 Å². The molecule has 0 spiro atoms. The molecule has 0 aliphatic heterocycles. The molecule has 0 aliphatic rings. The fourth-order valence-electron chi connectivity index (χ4n) is 2.17. The second-order valence-electron chi connectivity index (χ2n) is 4.74. The predicted octanol–water partition coefficient (Wildman–Crippen LogP) is 4.73. The van der Waals surface area contributed by atoms with Crippen LogP contribution in [0.1, 0.15) is 29.7 Å². The van der Waals surface area contributed by atoms with Crippen LogP contribution in [-0.2, 0) is 6.42 Å². The Labute approximate surface area is 124 Å².